The van der Waals surface area contributed by atoms with E-state index < -0.39 is 0 Å². The van der Waals surface area contributed by atoms with Gasteiger partial charge < -0.3 is 31.6 Å². The number of hydrogen-bond acceptors (Lipinski definition) is 5. The number of nitrogens with two attached hydrogens (primary N) is 2. The zero-order chi connectivity index (χ0) is 24.8. The van der Waals surface area contributed by atoms with Crippen LogP contribution in [0.3, 0.4) is 0 Å². The Kier molecular flexibility index (Phi) is 20.4. The summed E-state index contributed by atoms with van der Waals surface area (Å²) in [6, 6.07) is 6.94. The molecule has 7 nitrogen and oxygen atoms in total. The van der Waals surface area contributed by atoms with Crippen molar-refractivity contribution in [2.24, 2.45) is 5.73 Å². The van der Waals surface area contributed by atoms with E-state index >= 15 is 0 Å². The maximum Gasteiger partial charge on any atom is 0.206 e. The molecule has 1 amide bonds. The van der Waals surface area contributed by atoms with E-state index in [1.165, 1.54) is 19.3 Å². The first-order valence-electron chi connectivity index (χ1n) is 10.9. The first-order chi connectivity index (χ1) is 15.4. The highest BCUT2D eigenvalue weighted by atomic mass is 16.5. The van der Waals surface area contributed by atoms with Crippen LogP contribution in [0, 0.1) is 6.92 Å². The summed E-state index contributed by atoms with van der Waals surface area (Å²) in [5, 5.41) is 11.9. The number of phenols is 1. The van der Waals surface area contributed by atoms with Crippen molar-refractivity contribution in [2.75, 3.05) is 26.0 Å². The van der Waals surface area contributed by atoms with Crippen LogP contribution in [0.25, 0.3) is 11.8 Å². The second-order valence-electron chi connectivity index (χ2n) is 6.40. The molecule has 1 aromatic carbocycles. The first-order valence-corrected chi connectivity index (χ1v) is 10.9. The summed E-state index contributed by atoms with van der Waals surface area (Å²) in [6.07, 6.45) is 9.88. The average molecular weight is 447 g/mol. The number of nitrogens with one attached hydrogen (secondary N) is 2. The minimum Gasteiger partial charge on any atom is -0.507 e. The van der Waals surface area contributed by atoms with E-state index in [0.29, 0.717) is 23.5 Å². The quantitative estimate of drug-likeness (QED) is 0.341. The van der Waals surface area contributed by atoms with Gasteiger partial charge in [-0.1, -0.05) is 32.1 Å². The summed E-state index contributed by atoms with van der Waals surface area (Å²) in [5.41, 5.74) is 14.7. The van der Waals surface area contributed by atoms with Crippen LogP contribution >= 0.6 is 0 Å². The molecular weight excluding hydrogens is 404 g/mol. The van der Waals surface area contributed by atoms with Gasteiger partial charge in [-0.05, 0) is 56.9 Å². The number of allylic oxidation sites excluding steroid dienone is 1. The van der Waals surface area contributed by atoms with E-state index in [1.54, 1.807) is 37.4 Å². The molecule has 0 aliphatic carbocycles. The summed E-state index contributed by atoms with van der Waals surface area (Å²) < 4.78 is 5.07. The number of aryl methyl sites for hydroxylation is 1. The van der Waals surface area contributed by atoms with Gasteiger partial charge in [0.1, 0.15) is 11.6 Å². The Morgan fingerprint density at radius 2 is 1.75 bits per heavy atom. The van der Waals surface area contributed by atoms with Crippen molar-refractivity contribution >= 4 is 24.0 Å². The fraction of sp³-hybridized carbons (Fsp3) is 0.400. The number of phenolic OH excluding ortho intramolecular Hbond substituents is 1. The lowest BCUT2D eigenvalue weighted by Crippen LogP contribution is -2.03. The Bertz CT molecular complexity index is 735. The highest BCUT2D eigenvalue weighted by Crippen LogP contribution is 2.25. The van der Waals surface area contributed by atoms with Crippen LogP contribution < -0.4 is 16.8 Å². The number of benzene rings is 1. The molecule has 32 heavy (non-hydrogen) atoms. The smallest absolute Gasteiger partial charge is 0.206 e. The lowest BCUT2D eigenvalue weighted by Gasteiger charge is -2.08. The van der Waals surface area contributed by atoms with E-state index in [2.05, 4.69) is 16.9 Å². The molecule has 0 bridgehead atoms. The molecule has 2 heterocycles. The lowest BCUT2D eigenvalue weighted by atomic mass is 10.1. The molecule has 1 fully saturated rings. The monoisotopic (exact) mass is 446 g/mol. The SMILES string of the molecule is C1CCOCC1.C=CC.CC.CNC=O.Cc1c[nH]c(N)c1/C=C(\N)c1ccccc1O. The summed E-state index contributed by atoms with van der Waals surface area (Å²) >= 11 is 0. The van der Waals surface area contributed by atoms with Gasteiger partial charge in [0, 0.05) is 43.3 Å². The van der Waals surface area contributed by atoms with Crippen LogP contribution in [-0.2, 0) is 9.53 Å². The molecule has 0 radical (unpaired) electrons. The summed E-state index contributed by atoms with van der Waals surface area (Å²) in [4.78, 5) is 12.0. The normalized spacial score (nSPS) is 12.0. The van der Waals surface area contributed by atoms with Crippen molar-refractivity contribution in [1.29, 1.82) is 0 Å². The molecule has 1 aromatic heterocycles. The minimum atomic E-state index is 0.160. The topological polar surface area (TPSA) is 126 Å². The van der Waals surface area contributed by atoms with Gasteiger partial charge >= 0.3 is 0 Å². The number of H-pyrrole nitrogens is 1. The Morgan fingerprint density at radius 1 is 1.22 bits per heavy atom. The number of hydrogen-bond donors (Lipinski definition) is 5. The molecule has 0 atom stereocenters. The Hall–Kier alpha value is -3.19. The maximum absolute atomic E-state index is 9.69. The zero-order valence-corrected chi connectivity index (χ0v) is 20.3. The predicted molar refractivity (Wildman–Crippen MR) is 137 cm³/mol. The van der Waals surface area contributed by atoms with Crippen LogP contribution in [0.1, 0.15) is 56.7 Å². The predicted octanol–water partition coefficient (Wildman–Crippen LogP) is 4.84. The molecule has 0 saturated carbocycles. The van der Waals surface area contributed by atoms with Crippen LogP contribution in [0.2, 0.25) is 0 Å². The first kappa shape index (κ1) is 31.0. The van der Waals surface area contributed by atoms with Gasteiger partial charge in [0.2, 0.25) is 6.41 Å². The van der Waals surface area contributed by atoms with Gasteiger partial charge in [-0.3, -0.25) is 4.79 Å². The number of anilines is 1. The van der Waals surface area contributed by atoms with Gasteiger partial charge in [0.15, 0.2) is 0 Å². The number of nitrogen functional groups attached to an aromatic ring is 1. The van der Waals surface area contributed by atoms with Gasteiger partial charge in [-0.15, -0.1) is 6.58 Å². The van der Waals surface area contributed by atoms with Crippen molar-refractivity contribution in [2.45, 2.75) is 47.0 Å². The number of carbonyl (C=O) groups excluding carboxylic acids is 1. The van der Waals surface area contributed by atoms with E-state index in [0.717, 1.165) is 24.3 Å². The van der Waals surface area contributed by atoms with Gasteiger partial charge in [0.05, 0.1) is 0 Å². The fourth-order valence-corrected chi connectivity index (χ4v) is 2.38. The van der Waals surface area contributed by atoms with Crippen molar-refractivity contribution in [1.82, 2.24) is 10.3 Å². The molecule has 1 aliphatic rings. The zero-order valence-electron chi connectivity index (χ0n) is 20.3. The highest BCUT2D eigenvalue weighted by molar-refractivity contribution is 5.85. The molecule has 180 valence electrons. The van der Waals surface area contributed by atoms with Crippen molar-refractivity contribution < 1.29 is 14.6 Å². The number of ether oxygens (including phenoxy) is 1. The molecule has 0 spiro atoms. The van der Waals surface area contributed by atoms with Crippen molar-refractivity contribution in [3.63, 3.8) is 0 Å². The van der Waals surface area contributed by atoms with E-state index in [4.69, 9.17) is 21.0 Å². The third-order valence-electron chi connectivity index (χ3n) is 3.87. The van der Waals surface area contributed by atoms with Gasteiger partial charge in [0.25, 0.3) is 0 Å². The third-order valence-corrected chi connectivity index (χ3v) is 3.87. The molecule has 7 N–H and O–H groups in total. The van der Waals surface area contributed by atoms with Crippen molar-refractivity contribution in [3.05, 3.63) is 59.8 Å². The fourth-order valence-electron chi connectivity index (χ4n) is 2.38. The largest absolute Gasteiger partial charge is 0.507 e. The number of carbonyl (C=O) groups is 1. The molecule has 2 aromatic rings. The van der Waals surface area contributed by atoms with Gasteiger partial charge in [-0.25, -0.2) is 0 Å². The number of amides is 1. The van der Waals surface area contributed by atoms with Crippen LogP contribution in [0.4, 0.5) is 5.82 Å². The standard InChI is InChI=1S/C13H15N3O.C5H10O.C3H6.C2H5NO.C2H6/c1-8-7-16-13(15)10(8)6-11(14)9-4-2-3-5-12(9)17;1-2-4-6-5-3-1;1-3-2;1-3-2-4;1-2/h2-7,16-17H,14-15H2,1H3;1-5H2;3H,1H2,2H3;2H,1H3,(H,3,4);1-2H3/b11-6-;;;;. The number of para-hydroxylation sites is 1. The van der Waals surface area contributed by atoms with E-state index in [9.17, 15) is 5.11 Å². The number of aromatic hydroxyl groups is 1. The number of rotatable bonds is 3. The third kappa shape index (κ3) is 13.9. The Morgan fingerprint density at radius 3 is 2.09 bits per heavy atom. The summed E-state index contributed by atoms with van der Waals surface area (Å²) in [5.74, 6) is 0.730. The minimum absolute atomic E-state index is 0.160. The highest BCUT2D eigenvalue weighted by Gasteiger charge is 2.06. The summed E-state index contributed by atoms with van der Waals surface area (Å²) in [7, 11) is 1.56. The second-order valence-corrected chi connectivity index (χ2v) is 6.40. The molecular formula is C25H42N4O3. The molecule has 0 unspecified atom stereocenters. The molecule has 7 heteroatoms. The van der Waals surface area contributed by atoms with Crippen LogP contribution in [-0.4, -0.2) is 36.8 Å². The van der Waals surface area contributed by atoms with E-state index in [-0.39, 0.29) is 5.75 Å². The average Bonchev–Trinajstić information content (AvgIpc) is 3.15. The second kappa shape index (κ2) is 21.1. The van der Waals surface area contributed by atoms with Crippen LogP contribution in [0.15, 0.2) is 43.1 Å². The van der Waals surface area contributed by atoms with Crippen LogP contribution in [0.5, 0.6) is 5.75 Å². The summed E-state index contributed by atoms with van der Waals surface area (Å²) in [6.45, 7) is 13.2. The number of aromatic nitrogens is 1. The molecule has 1 saturated heterocycles. The van der Waals surface area contributed by atoms with Gasteiger partial charge in [-0.2, -0.15) is 0 Å². The van der Waals surface area contributed by atoms with E-state index in [1.807, 2.05) is 40.0 Å². The number of aromatic amines is 1. The Labute approximate surface area is 193 Å². The van der Waals surface area contributed by atoms with Crippen molar-refractivity contribution in [3.8, 4) is 5.75 Å². The molecule has 3 rings (SSSR count). The molecule has 1 aliphatic heterocycles. The lowest BCUT2D eigenvalue weighted by molar-refractivity contribution is -0.109. The maximum atomic E-state index is 9.69. The Balaban J connectivity index is 0.